The third-order valence-electron chi connectivity index (χ3n) is 2.38. The van der Waals surface area contributed by atoms with Crippen LogP contribution in [0.4, 0.5) is 0 Å². The first kappa shape index (κ1) is 14.9. The summed E-state index contributed by atoms with van der Waals surface area (Å²) in [5.41, 5.74) is 1.27. The van der Waals surface area contributed by atoms with Gasteiger partial charge in [0.05, 0.1) is 0 Å². The van der Waals surface area contributed by atoms with E-state index in [1.54, 1.807) is 0 Å². The van der Waals surface area contributed by atoms with Gasteiger partial charge < -0.3 is 5.32 Å². The van der Waals surface area contributed by atoms with Crippen molar-refractivity contribution in [1.82, 2.24) is 5.32 Å². The fourth-order valence-corrected chi connectivity index (χ4v) is 2.75. The molecule has 0 heterocycles. The van der Waals surface area contributed by atoms with Crippen LogP contribution in [0.15, 0.2) is 24.3 Å². The van der Waals surface area contributed by atoms with Crippen LogP contribution in [0, 0.1) is 0 Å². The Morgan fingerprint density at radius 1 is 1.35 bits per heavy atom. The lowest BCUT2D eigenvalue weighted by atomic mass is 10.1. The second-order valence-corrected chi connectivity index (χ2v) is 7.37. The van der Waals surface area contributed by atoms with E-state index >= 15 is 0 Å². The van der Waals surface area contributed by atoms with Crippen molar-refractivity contribution >= 4 is 23.4 Å². The Morgan fingerprint density at radius 3 is 2.59 bits per heavy atom. The van der Waals surface area contributed by atoms with Gasteiger partial charge in [-0.15, -0.1) is 0 Å². The molecule has 96 valence electrons. The van der Waals surface area contributed by atoms with Crippen molar-refractivity contribution in [3.05, 3.63) is 34.9 Å². The number of nitrogens with one attached hydrogen (secondary N) is 1. The van der Waals surface area contributed by atoms with Gasteiger partial charge in [0.15, 0.2) is 0 Å². The molecule has 0 spiro atoms. The average Bonchev–Trinajstić information content (AvgIpc) is 2.23. The topological polar surface area (TPSA) is 12.0 Å². The maximum Gasteiger partial charge on any atom is 0.0412 e. The van der Waals surface area contributed by atoms with Gasteiger partial charge in [-0.05, 0) is 24.2 Å². The smallest absolute Gasteiger partial charge is 0.0412 e. The van der Waals surface area contributed by atoms with Crippen LogP contribution in [0.25, 0.3) is 0 Å². The lowest BCUT2D eigenvalue weighted by Gasteiger charge is -2.24. The van der Waals surface area contributed by atoms with E-state index in [9.17, 15) is 0 Å². The van der Waals surface area contributed by atoms with Crippen LogP contribution >= 0.6 is 23.4 Å². The van der Waals surface area contributed by atoms with Gasteiger partial charge in [-0.2, -0.15) is 11.8 Å². The van der Waals surface area contributed by atoms with E-state index in [-0.39, 0.29) is 0 Å². The van der Waals surface area contributed by atoms with E-state index in [4.69, 9.17) is 11.6 Å². The van der Waals surface area contributed by atoms with Gasteiger partial charge in [-0.25, -0.2) is 0 Å². The van der Waals surface area contributed by atoms with Gasteiger partial charge in [0.25, 0.3) is 0 Å². The molecule has 1 rings (SSSR count). The molecule has 1 aromatic rings. The number of benzene rings is 1. The van der Waals surface area contributed by atoms with E-state index in [1.165, 1.54) is 5.56 Å². The molecule has 1 aromatic carbocycles. The molecule has 3 heteroatoms. The fraction of sp³-hybridized carbons (Fsp3) is 0.571. The predicted octanol–water partition coefficient (Wildman–Crippen LogP) is 4.52. The van der Waals surface area contributed by atoms with Crippen LogP contribution in [0.3, 0.4) is 0 Å². The second-order valence-electron chi connectivity index (χ2n) is 5.09. The second kappa shape index (κ2) is 6.67. The lowest BCUT2D eigenvalue weighted by Crippen LogP contribution is -2.25. The Morgan fingerprint density at radius 2 is 2.06 bits per heavy atom. The van der Waals surface area contributed by atoms with Gasteiger partial charge in [0, 0.05) is 21.6 Å². The molecule has 17 heavy (non-hydrogen) atoms. The molecular weight excluding hydrogens is 250 g/mol. The van der Waals surface area contributed by atoms with Crippen molar-refractivity contribution in [2.24, 2.45) is 0 Å². The van der Waals surface area contributed by atoms with Gasteiger partial charge in [0.2, 0.25) is 0 Å². The first-order valence-corrected chi connectivity index (χ1v) is 7.41. The summed E-state index contributed by atoms with van der Waals surface area (Å²) in [5.74, 6) is 1.07. The summed E-state index contributed by atoms with van der Waals surface area (Å²) in [6, 6.07) is 8.51. The van der Waals surface area contributed by atoms with Crippen molar-refractivity contribution in [2.75, 3.05) is 12.3 Å². The highest BCUT2D eigenvalue weighted by atomic mass is 35.5. The molecule has 0 bridgehead atoms. The largest absolute Gasteiger partial charge is 0.310 e. The van der Waals surface area contributed by atoms with E-state index < -0.39 is 0 Å². The molecule has 0 fully saturated rings. The molecule has 0 saturated heterocycles. The van der Waals surface area contributed by atoms with Crippen molar-refractivity contribution < 1.29 is 0 Å². The average molecular weight is 272 g/mol. The molecule has 1 N–H and O–H groups in total. The summed E-state index contributed by atoms with van der Waals surface area (Å²) in [4.78, 5) is 0. The SMILES string of the molecule is CCNC(CSC(C)(C)C)c1cccc(Cl)c1. The zero-order valence-electron chi connectivity index (χ0n) is 11.1. The Hall–Kier alpha value is -0.180. The highest BCUT2D eigenvalue weighted by Gasteiger charge is 2.16. The minimum atomic E-state index is 0.298. The number of hydrogen-bond acceptors (Lipinski definition) is 2. The summed E-state index contributed by atoms with van der Waals surface area (Å²) >= 11 is 8.02. The van der Waals surface area contributed by atoms with E-state index in [1.807, 2.05) is 23.9 Å². The Balaban J connectivity index is 2.71. The first-order valence-electron chi connectivity index (χ1n) is 6.05. The molecular formula is C14H22ClNS. The fourth-order valence-electron chi connectivity index (χ4n) is 1.58. The van der Waals surface area contributed by atoms with Crippen molar-refractivity contribution in [3.8, 4) is 0 Å². The van der Waals surface area contributed by atoms with E-state index in [0.29, 0.717) is 10.8 Å². The van der Waals surface area contributed by atoms with Gasteiger partial charge in [0.1, 0.15) is 0 Å². The molecule has 0 radical (unpaired) electrons. The summed E-state index contributed by atoms with van der Waals surface area (Å²) < 4.78 is 0.298. The normalized spacial score (nSPS) is 13.7. The number of hydrogen-bond donors (Lipinski definition) is 1. The number of rotatable bonds is 5. The molecule has 0 aliphatic rings. The quantitative estimate of drug-likeness (QED) is 0.845. The molecule has 1 unspecified atom stereocenters. The molecule has 0 saturated carbocycles. The third-order valence-corrected chi connectivity index (χ3v) is 3.99. The maximum absolute atomic E-state index is 6.04. The Bertz CT molecular complexity index is 346. The monoisotopic (exact) mass is 271 g/mol. The van der Waals surface area contributed by atoms with Crippen molar-refractivity contribution in [2.45, 2.75) is 38.5 Å². The van der Waals surface area contributed by atoms with E-state index in [2.05, 4.69) is 45.1 Å². The molecule has 1 nitrogen and oxygen atoms in total. The summed E-state index contributed by atoms with van der Waals surface area (Å²) in [7, 11) is 0. The molecule has 0 aliphatic carbocycles. The summed E-state index contributed by atoms with van der Waals surface area (Å²) in [6.07, 6.45) is 0. The van der Waals surface area contributed by atoms with Crippen LogP contribution < -0.4 is 5.32 Å². The predicted molar refractivity (Wildman–Crippen MR) is 80.1 cm³/mol. The number of thioether (sulfide) groups is 1. The standard InChI is InChI=1S/C14H22ClNS/c1-5-16-13(10-17-14(2,3)4)11-7-6-8-12(15)9-11/h6-9,13,16H,5,10H2,1-4H3. The van der Waals surface area contributed by atoms with Crippen LogP contribution in [0.1, 0.15) is 39.3 Å². The van der Waals surface area contributed by atoms with Gasteiger partial charge in [-0.1, -0.05) is 51.4 Å². The molecule has 1 atom stereocenters. The zero-order chi connectivity index (χ0) is 12.9. The maximum atomic E-state index is 6.04. The van der Waals surface area contributed by atoms with Gasteiger partial charge >= 0.3 is 0 Å². The lowest BCUT2D eigenvalue weighted by molar-refractivity contribution is 0.603. The van der Waals surface area contributed by atoms with Crippen LogP contribution in [-0.2, 0) is 0 Å². The summed E-state index contributed by atoms with van der Waals surface area (Å²) in [6.45, 7) is 9.86. The molecule has 0 amide bonds. The highest BCUT2D eigenvalue weighted by molar-refractivity contribution is 8.00. The first-order chi connectivity index (χ1) is 7.92. The minimum absolute atomic E-state index is 0.298. The van der Waals surface area contributed by atoms with Crippen LogP contribution in [0.2, 0.25) is 5.02 Å². The Kier molecular flexibility index (Phi) is 5.84. The molecule has 0 aromatic heterocycles. The van der Waals surface area contributed by atoms with Crippen LogP contribution in [-0.4, -0.2) is 17.0 Å². The van der Waals surface area contributed by atoms with Crippen molar-refractivity contribution in [1.29, 1.82) is 0 Å². The summed E-state index contributed by atoms with van der Waals surface area (Å²) in [5, 5.41) is 4.33. The third kappa shape index (κ3) is 5.80. The zero-order valence-corrected chi connectivity index (χ0v) is 12.7. The molecule has 0 aliphatic heterocycles. The van der Waals surface area contributed by atoms with Gasteiger partial charge in [-0.3, -0.25) is 0 Å². The van der Waals surface area contributed by atoms with E-state index in [0.717, 1.165) is 17.3 Å². The number of halogens is 1. The minimum Gasteiger partial charge on any atom is -0.310 e. The highest BCUT2D eigenvalue weighted by Crippen LogP contribution is 2.29. The van der Waals surface area contributed by atoms with Crippen LogP contribution in [0.5, 0.6) is 0 Å². The van der Waals surface area contributed by atoms with Crippen molar-refractivity contribution in [3.63, 3.8) is 0 Å². The Labute approximate surface area is 114 Å².